The van der Waals surface area contributed by atoms with Crippen LogP contribution in [0.1, 0.15) is 34.9 Å². The molecule has 1 aromatic carbocycles. The van der Waals surface area contributed by atoms with Crippen molar-refractivity contribution in [3.05, 3.63) is 40.4 Å². The van der Waals surface area contributed by atoms with Crippen molar-refractivity contribution in [3.63, 3.8) is 0 Å². The number of nitrogens with zero attached hydrogens (tertiary/aromatic N) is 1. The van der Waals surface area contributed by atoms with Gasteiger partial charge in [-0.1, -0.05) is 34.7 Å². The van der Waals surface area contributed by atoms with E-state index < -0.39 is 11.7 Å². The fourth-order valence-corrected chi connectivity index (χ4v) is 4.16. The van der Waals surface area contributed by atoms with Crippen molar-refractivity contribution in [1.29, 1.82) is 0 Å². The molecule has 106 valence electrons. The van der Waals surface area contributed by atoms with Crippen molar-refractivity contribution < 1.29 is 13.2 Å². The van der Waals surface area contributed by atoms with Gasteiger partial charge in [-0.05, 0) is 30.9 Å². The molecule has 20 heavy (non-hydrogen) atoms. The Bertz CT molecular complexity index is 632. The van der Waals surface area contributed by atoms with Crippen molar-refractivity contribution in [2.45, 2.75) is 29.4 Å². The van der Waals surface area contributed by atoms with Crippen molar-refractivity contribution in [1.82, 2.24) is 4.98 Å². The lowest BCUT2D eigenvalue weighted by Crippen LogP contribution is -2.04. The fourth-order valence-electron chi connectivity index (χ4n) is 2.08. The summed E-state index contributed by atoms with van der Waals surface area (Å²) >= 11 is 3.80. The monoisotopic (exact) mass is 409 g/mol. The molecule has 0 unspecified atom stereocenters. The molecule has 0 radical (unpaired) electrons. The first kappa shape index (κ1) is 14.3. The van der Waals surface area contributed by atoms with Crippen LogP contribution >= 0.6 is 33.9 Å². The van der Waals surface area contributed by atoms with Crippen molar-refractivity contribution in [2.75, 3.05) is 0 Å². The summed E-state index contributed by atoms with van der Waals surface area (Å²) < 4.78 is 39.1. The number of rotatable bonds is 3. The molecule has 1 nitrogen and oxygen atoms in total. The van der Waals surface area contributed by atoms with E-state index in [4.69, 9.17) is 0 Å². The molecule has 0 amide bonds. The first-order chi connectivity index (χ1) is 9.49. The molecule has 0 N–H and O–H groups in total. The van der Waals surface area contributed by atoms with Gasteiger partial charge in [0.15, 0.2) is 0 Å². The topological polar surface area (TPSA) is 12.9 Å². The Balaban J connectivity index is 2.00. The van der Waals surface area contributed by atoms with Gasteiger partial charge in [-0.2, -0.15) is 13.2 Å². The molecule has 0 spiro atoms. The number of thiazole rings is 1. The smallest absolute Gasteiger partial charge is 0.240 e. The molecule has 1 heterocycles. The normalized spacial score (nSPS) is 15.6. The number of benzene rings is 1. The fraction of sp³-hybridized carbons (Fsp3) is 0.357. The second-order valence-corrected chi connectivity index (χ2v) is 6.61. The predicted molar refractivity (Wildman–Crippen MR) is 82.3 cm³/mol. The molecule has 1 fully saturated rings. The summed E-state index contributed by atoms with van der Waals surface area (Å²) in [5, 5.41) is 0.699. The van der Waals surface area contributed by atoms with Crippen molar-refractivity contribution in [2.24, 2.45) is 0 Å². The quantitative estimate of drug-likeness (QED) is 0.472. The average Bonchev–Trinajstić information content (AvgIpc) is 3.17. The molecule has 6 heteroatoms. The standard InChI is InChI=1S/C14H11F3INS/c15-14(16,17)10-3-1-2-9(6-10)13-19-11(7-18)12(20-13)8-4-5-8/h1-3,6,8H,4-5,7H2. The van der Waals surface area contributed by atoms with Crippen LogP contribution in [-0.4, -0.2) is 4.98 Å². The highest BCUT2D eigenvalue weighted by Crippen LogP contribution is 2.46. The Morgan fingerprint density at radius 3 is 2.65 bits per heavy atom. The number of halogens is 4. The maximum atomic E-state index is 12.8. The Hall–Kier alpha value is -0.630. The third-order valence-corrected chi connectivity index (χ3v) is 5.27. The SMILES string of the molecule is FC(F)(F)c1cccc(-c2nc(CI)c(C3CC3)s2)c1. The van der Waals surface area contributed by atoms with Crippen LogP contribution in [0.4, 0.5) is 13.2 Å². The van der Waals surface area contributed by atoms with Crippen molar-refractivity contribution in [3.8, 4) is 10.6 Å². The van der Waals surface area contributed by atoms with Gasteiger partial charge in [-0.3, -0.25) is 0 Å². The van der Waals surface area contributed by atoms with Crippen LogP contribution in [0.2, 0.25) is 0 Å². The third-order valence-electron chi connectivity index (χ3n) is 3.24. The van der Waals surface area contributed by atoms with Gasteiger partial charge in [-0.25, -0.2) is 4.98 Å². The summed E-state index contributed by atoms with van der Waals surface area (Å²) in [6, 6.07) is 5.42. The zero-order chi connectivity index (χ0) is 14.3. The molecule has 0 bridgehead atoms. The largest absolute Gasteiger partial charge is 0.416 e. The summed E-state index contributed by atoms with van der Waals surface area (Å²) in [5.74, 6) is 0.580. The van der Waals surface area contributed by atoms with Crippen LogP contribution in [0.15, 0.2) is 24.3 Å². The van der Waals surface area contributed by atoms with E-state index in [1.807, 2.05) is 0 Å². The Morgan fingerprint density at radius 2 is 2.05 bits per heavy atom. The van der Waals surface area contributed by atoms with E-state index in [2.05, 4.69) is 27.6 Å². The van der Waals surface area contributed by atoms with E-state index in [9.17, 15) is 13.2 Å². The highest BCUT2D eigenvalue weighted by molar-refractivity contribution is 14.1. The molecule has 2 aromatic rings. The maximum Gasteiger partial charge on any atom is 0.416 e. The lowest BCUT2D eigenvalue weighted by Gasteiger charge is -2.07. The average molecular weight is 409 g/mol. The zero-order valence-electron chi connectivity index (χ0n) is 10.4. The maximum absolute atomic E-state index is 12.8. The summed E-state index contributed by atoms with van der Waals surface area (Å²) in [4.78, 5) is 5.78. The highest BCUT2D eigenvalue weighted by atomic mass is 127. The lowest BCUT2D eigenvalue weighted by atomic mass is 10.1. The molecular weight excluding hydrogens is 398 g/mol. The van der Waals surface area contributed by atoms with Gasteiger partial charge < -0.3 is 0 Å². The van der Waals surface area contributed by atoms with Gasteiger partial charge in [0, 0.05) is 14.9 Å². The molecule has 1 saturated carbocycles. The minimum atomic E-state index is -4.31. The number of hydrogen-bond donors (Lipinski definition) is 0. The molecule has 0 aliphatic heterocycles. The molecular formula is C14H11F3INS. The van der Waals surface area contributed by atoms with Gasteiger partial charge in [0.2, 0.25) is 0 Å². The predicted octanol–water partition coefficient (Wildman–Crippen LogP) is 5.64. The van der Waals surface area contributed by atoms with Crippen LogP contribution in [-0.2, 0) is 10.6 Å². The zero-order valence-corrected chi connectivity index (χ0v) is 13.3. The molecule has 3 rings (SSSR count). The van der Waals surface area contributed by atoms with Gasteiger partial charge in [-0.15, -0.1) is 11.3 Å². The minimum Gasteiger partial charge on any atom is -0.240 e. The third kappa shape index (κ3) is 2.86. The van der Waals surface area contributed by atoms with Crippen LogP contribution in [0, 0.1) is 0 Å². The summed E-state index contributed by atoms with van der Waals surface area (Å²) in [6.07, 6.45) is -1.96. The van der Waals surface area contributed by atoms with Crippen LogP contribution in [0.5, 0.6) is 0 Å². The second kappa shape index (κ2) is 5.29. The van der Waals surface area contributed by atoms with E-state index in [1.165, 1.54) is 29.9 Å². The van der Waals surface area contributed by atoms with Gasteiger partial charge in [0.05, 0.1) is 11.3 Å². The molecule has 0 atom stereocenters. The van der Waals surface area contributed by atoms with Crippen LogP contribution in [0.3, 0.4) is 0 Å². The molecule has 0 saturated heterocycles. The summed E-state index contributed by atoms with van der Waals surface area (Å²) in [5.41, 5.74) is 0.975. The minimum absolute atomic E-state index is 0.558. The van der Waals surface area contributed by atoms with Crippen molar-refractivity contribution >= 4 is 33.9 Å². The van der Waals surface area contributed by atoms with E-state index in [0.29, 0.717) is 16.5 Å². The van der Waals surface area contributed by atoms with Gasteiger partial charge in [0.1, 0.15) is 5.01 Å². The summed E-state index contributed by atoms with van der Waals surface area (Å²) in [7, 11) is 0. The summed E-state index contributed by atoms with van der Waals surface area (Å²) in [6.45, 7) is 0. The van der Waals surface area contributed by atoms with E-state index in [-0.39, 0.29) is 0 Å². The first-order valence-electron chi connectivity index (χ1n) is 6.22. The van der Waals surface area contributed by atoms with Crippen LogP contribution in [0.25, 0.3) is 10.6 Å². The van der Waals surface area contributed by atoms with Gasteiger partial charge in [0.25, 0.3) is 0 Å². The number of hydrogen-bond acceptors (Lipinski definition) is 2. The number of aromatic nitrogens is 1. The molecule has 1 aromatic heterocycles. The Labute approximate surface area is 132 Å². The van der Waals surface area contributed by atoms with E-state index in [1.54, 1.807) is 17.4 Å². The highest BCUT2D eigenvalue weighted by Gasteiger charge is 2.32. The molecule has 1 aliphatic carbocycles. The second-order valence-electron chi connectivity index (χ2n) is 4.82. The molecule has 1 aliphatic rings. The van der Waals surface area contributed by atoms with E-state index >= 15 is 0 Å². The Morgan fingerprint density at radius 1 is 1.30 bits per heavy atom. The first-order valence-corrected chi connectivity index (χ1v) is 8.56. The Kier molecular flexibility index (Phi) is 3.79. The van der Waals surface area contributed by atoms with Crippen LogP contribution < -0.4 is 0 Å². The lowest BCUT2D eigenvalue weighted by molar-refractivity contribution is -0.137. The van der Waals surface area contributed by atoms with E-state index in [0.717, 1.165) is 16.2 Å². The number of alkyl halides is 4. The van der Waals surface area contributed by atoms with Gasteiger partial charge >= 0.3 is 6.18 Å².